The SMILES string of the molecule is CC(=O)N(CCc1ccccc1F)CC(=O)NC(C)c1ccccc1. The molecule has 132 valence electrons. The fourth-order valence-electron chi connectivity index (χ4n) is 2.59. The summed E-state index contributed by atoms with van der Waals surface area (Å²) in [6.45, 7) is 3.56. The second kappa shape index (κ2) is 8.97. The number of halogens is 1. The predicted molar refractivity (Wildman–Crippen MR) is 95.4 cm³/mol. The first kappa shape index (κ1) is 18.6. The van der Waals surface area contributed by atoms with Crippen LogP contribution in [-0.4, -0.2) is 29.8 Å². The zero-order valence-corrected chi connectivity index (χ0v) is 14.5. The first-order chi connectivity index (χ1) is 12.0. The Bertz CT molecular complexity index is 719. The first-order valence-electron chi connectivity index (χ1n) is 8.30. The molecule has 0 bridgehead atoms. The van der Waals surface area contributed by atoms with E-state index in [1.54, 1.807) is 18.2 Å². The van der Waals surface area contributed by atoms with Crippen LogP contribution in [-0.2, 0) is 16.0 Å². The Balaban J connectivity index is 1.91. The highest BCUT2D eigenvalue weighted by molar-refractivity contribution is 5.84. The van der Waals surface area contributed by atoms with Crippen molar-refractivity contribution in [2.45, 2.75) is 26.3 Å². The molecule has 1 N–H and O–H groups in total. The van der Waals surface area contributed by atoms with E-state index in [1.165, 1.54) is 17.9 Å². The van der Waals surface area contributed by atoms with Gasteiger partial charge in [0.2, 0.25) is 11.8 Å². The van der Waals surface area contributed by atoms with Crippen LogP contribution in [0, 0.1) is 5.82 Å². The van der Waals surface area contributed by atoms with E-state index in [-0.39, 0.29) is 30.2 Å². The lowest BCUT2D eigenvalue weighted by atomic mass is 10.1. The summed E-state index contributed by atoms with van der Waals surface area (Å²) >= 11 is 0. The quantitative estimate of drug-likeness (QED) is 0.841. The van der Waals surface area contributed by atoms with Gasteiger partial charge < -0.3 is 10.2 Å². The van der Waals surface area contributed by atoms with Crippen molar-refractivity contribution in [1.29, 1.82) is 0 Å². The minimum atomic E-state index is -0.298. The molecule has 0 aliphatic heterocycles. The summed E-state index contributed by atoms with van der Waals surface area (Å²) in [6.07, 6.45) is 0.369. The number of benzene rings is 2. The van der Waals surface area contributed by atoms with E-state index < -0.39 is 0 Å². The summed E-state index contributed by atoms with van der Waals surface area (Å²) in [5, 5.41) is 2.88. The average Bonchev–Trinajstić information content (AvgIpc) is 2.60. The normalized spacial score (nSPS) is 11.6. The molecular formula is C20H23FN2O2. The third-order valence-corrected chi connectivity index (χ3v) is 4.07. The summed E-state index contributed by atoms with van der Waals surface area (Å²) in [6, 6.07) is 15.9. The molecule has 25 heavy (non-hydrogen) atoms. The van der Waals surface area contributed by atoms with Crippen molar-refractivity contribution in [1.82, 2.24) is 10.2 Å². The first-order valence-corrected chi connectivity index (χ1v) is 8.30. The van der Waals surface area contributed by atoms with Crippen LogP contribution in [0.25, 0.3) is 0 Å². The summed E-state index contributed by atoms with van der Waals surface area (Å²) < 4.78 is 13.7. The molecule has 1 atom stereocenters. The van der Waals surface area contributed by atoms with Crippen molar-refractivity contribution in [2.75, 3.05) is 13.1 Å². The lowest BCUT2D eigenvalue weighted by molar-refractivity contribution is -0.134. The predicted octanol–water partition coefficient (Wildman–Crippen LogP) is 3.09. The Morgan fingerprint density at radius 3 is 2.36 bits per heavy atom. The average molecular weight is 342 g/mol. The van der Waals surface area contributed by atoms with Gasteiger partial charge in [-0.2, -0.15) is 0 Å². The van der Waals surface area contributed by atoms with E-state index in [0.717, 1.165) is 5.56 Å². The molecule has 2 rings (SSSR count). The van der Waals surface area contributed by atoms with Gasteiger partial charge in [0.05, 0.1) is 12.6 Å². The number of nitrogens with zero attached hydrogens (tertiary/aromatic N) is 1. The van der Waals surface area contributed by atoms with Crippen molar-refractivity contribution in [2.24, 2.45) is 0 Å². The maximum atomic E-state index is 13.7. The molecule has 5 heteroatoms. The molecule has 1 unspecified atom stereocenters. The number of hydrogen-bond acceptors (Lipinski definition) is 2. The van der Waals surface area contributed by atoms with Crippen LogP contribution in [0.2, 0.25) is 0 Å². The smallest absolute Gasteiger partial charge is 0.240 e. The second-order valence-electron chi connectivity index (χ2n) is 5.98. The van der Waals surface area contributed by atoms with Crippen LogP contribution < -0.4 is 5.32 Å². The molecular weight excluding hydrogens is 319 g/mol. The van der Waals surface area contributed by atoms with Gasteiger partial charge in [0, 0.05) is 13.5 Å². The standard InChI is InChI=1S/C20H23FN2O2/c1-15(17-8-4-3-5-9-17)22-20(25)14-23(16(2)24)13-12-18-10-6-7-11-19(18)21/h3-11,15H,12-14H2,1-2H3,(H,22,25). The van der Waals surface area contributed by atoms with Crippen LogP contribution in [0.15, 0.2) is 54.6 Å². The molecule has 0 aromatic heterocycles. The van der Waals surface area contributed by atoms with Gasteiger partial charge in [0.15, 0.2) is 0 Å². The molecule has 0 radical (unpaired) electrons. The summed E-state index contributed by atoms with van der Waals surface area (Å²) in [5.74, 6) is -0.743. The van der Waals surface area contributed by atoms with Crippen LogP contribution in [0.3, 0.4) is 0 Å². The minimum absolute atomic E-state index is 0.0407. The number of rotatable bonds is 7. The molecule has 2 amide bonds. The largest absolute Gasteiger partial charge is 0.348 e. The Hall–Kier alpha value is -2.69. The molecule has 0 saturated carbocycles. The Labute approximate surface area is 147 Å². The van der Waals surface area contributed by atoms with Gasteiger partial charge in [-0.05, 0) is 30.5 Å². The van der Waals surface area contributed by atoms with E-state index in [2.05, 4.69) is 5.32 Å². The van der Waals surface area contributed by atoms with Gasteiger partial charge in [-0.3, -0.25) is 9.59 Å². The third kappa shape index (κ3) is 5.71. The van der Waals surface area contributed by atoms with Crippen LogP contribution in [0.1, 0.15) is 31.0 Å². The fraction of sp³-hybridized carbons (Fsp3) is 0.300. The number of carbonyl (C=O) groups is 2. The van der Waals surface area contributed by atoms with Gasteiger partial charge in [0.25, 0.3) is 0 Å². The van der Waals surface area contributed by atoms with Crippen molar-refractivity contribution in [3.63, 3.8) is 0 Å². The molecule has 2 aromatic carbocycles. The zero-order valence-electron chi connectivity index (χ0n) is 14.5. The van der Waals surface area contributed by atoms with Gasteiger partial charge in [-0.25, -0.2) is 4.39 Å². The Morgan fingerprint density at radius 1 is 1.08 bits per heavy atom. The molecule has 4 nitrogen and oxygen atoms in total. The van der Waals surface area contributed by atoms with E-state index in [4.69, 9.17) is 0 Å². The molecule has 0 spiro atoms. The van der Waals surface area contributed by atoms with E-state index >= 15 is 0 Å². The summed E-state index contributed by atoms with van der Waals surface area (Å²) in [5.41, 5.74) is 1.53. The maximum absolute atomic E-state index is 13.7. The molecule has 0 aliphatic carbocycles. The number of hydrogen-bond donors (Lipinski definition) is 1. The van der Waals surface area contributed by atoms with Gasteiger partial charge >= 0.3 is 0 Å². The van der Waals surface area contributed by atoms with E-state index in [9.17, 15) is 14.0 Å². The van der Waals surface area contributed by atoms with Crippen molar-refractivity contribution >= 4 is 11.8 Å². The van der Waals surface area contributed by atoms with Crippen LogP contribution >= 0.6 is 0 Å². The molecule has 0 aliphatic rings. The van der Waals surface area contributed by atoms with Gasteiger partial charge in [-0.15, -0.1) is 0 Å². The van der Waals surface area contributed by atoms with E-state index in [0.29, 0.717) is 18.5 Å². The highest BCUT2D eigenvalue weighted by Gasteiger charge is 2.16. The highest BCUT2D eigenvalue weighted by atomic mass is 19.1. The monoisotopic (exact) mass is 342 g/mol. The highest BCUT2D eigenvalue weighted by Crippen LogP contribution is 2.11. The molecule has 0 saturated heterocycles. The van der Waals surface area contributed by atoms with Gasteiger partial charge in [-0.1, -0.05) is 48.5 Å². The summed E-state index contributed by atoms with van der Waals surface area (Å²) in [7, 11) is 0. The molecule has 2 aromatic rings. The summed E-state index contributed by atoms with van der Waals surface area (Å²) in [4.78, 5) is 25.5. The minimum Gasteiger partial charge on any atom is -0.348 e. The van der Waals surface area contributed by atoms with Crippen molar-refractivity contribution in [3.8, 4) is 0 Å². The number of nitrogens with one attached hydrogen (secondary N) is 1. The zero-order chi connectivity index (χ0) is 18.2. The maximum Gasteiger partial charge on any atom is 0.240 e. The molecule has 0 heterocycles. The topological polar surface area (TPSA) is 49.4 Å². The number of carbonyl (C=O) groups excluding carboxylic acids is 2. The van der Waals surface area contributed by atoms with Crippen LogP contribution in [0.5, 0.6) is 0 Å². The van der Waals surface area contributed by atoms with E-state index in [1.807, 2.05) is 37.3 Å². The van der Waals surface area contributed by atoms with Crippen LogP contribution in [0.4, 0.5) is 4.39 Å². The van der Waals surface area contributed by atoms with Crippen molar-refractivity contribution in [3.05, 3.63) is 71.5 Å². The van der Waals surface area contributed by atoms with Crippen molar-refractivity contribution < 1.29 is 14.0 Å². The molecule has 0 fully saturated rings. The lowest BCUT2D eigenvalue weighted by Crippen LogP contribution is -2.41. The third-order valence-electron chi connectivity index (χ3n) is 4.07. The lowest BCUT2D eigenvalue weighted by Gasteiger charge is -2.22. The second-order valence-corrected chi connectivity index (χ2v) is 5.98. The Kier molecular flexibility index (Phi) is 6.69. The Morgan fingerprint density at radius 2 is 1.72 bits per heavy atom. The number of amides is 2. The fourth-order valence-corrected chi connectivity index (χ4v) is 2.59. The van der Waals surface area contributed by atoms with Gasteiger partial charge in [0.1, 0.15) is 5.82 Å².